The van der Waals surface area contributed by atoms with Gasteiger partial charge in [0.15, 0.2) is 0 Å². The van der Waals surface area contributed by atoms with Crippen molar-refractivity contribution in [3.8, 4) is 11.3 Å². The molecular formula is C24H29N5O4S2. The number of thiazole rings is 1. The van der Waals surface area contributed by atoms with E-state index < -0.39 is 10.4 Å². The number of anilines is 1. The molecule has 0 fully saturated rings. The third-order valence-electron chi connectivity index (χ3n) is 5.44. The molecule has 2 aromatic heterocycles. The van der Waals surface area contributed by atoms with Gasteiger partial charge in [0.1, 0.15) is 16.9 Å². The van der Waals surface area contributed by atoms with E-state index in [1.807, 2.05) is 13.1 Å². The lowest BCUT2D eigenvalue weighted by Gasteiger charge is -2.16. The van der Waals surface area contributed by atoms with E-state index in [1.54, 1.807) is 11.3 Å². The molecule has 0 saturated carbocycles. The van der Waals surface area contributed by atoms with Crippen LogP contribution in [0, 0.1) is 0 Å². The molecule has 0 aliphatic carbocycles. The smallest absolute Gasteiger partial charge is 0.410 e. The minimum atomic E-state index is -4.41. The van der Waals surface area contributed by atoms with Gasteiger partial charge < -0.3 is 14.0 Å². The maximum absolute atomic E-state index is 9.22. The van der Waals surface area contributed by atoms with Crippen LogP contribution in [0.5, 0.6) is 0 Å². The fraction of sp³-hybridized carbons (Fsp3) is 0.292. The first kappa shape index (κ1) is 26.5. The van der Waals surface area contributed by atoms with Crippen molar-refractivity contribution in [3.63, 3.8) is 0 Å². The molecule has 9 nitrogen and oxygen atoms in total. The second-order valence-corrected chi connectivity index (χ2v) is 9.69. The summed E-state index contributed by atoms with van der Waals surface area (Å²) < 4.78 is 35.3. The van der Waals surface area contributed by atoms with Crippen LogP contribution in [0.1, 0.15) is 13.8 Å². The van der Waals surface area contributed by atoms with Crippen LogP contribution < -0.4 is 9.47 Å². The van der Waals surface area contributed by atoms with Crippen molar-refractivity contribution in [2.75, 3.05) is 25.1 Å². The highest BCUT2D eigenvalue weighted by Crippen LogP contribution is 2.40. The van der Waals surface area contributed by atoms with Gasteiger partial charge in [-0.25, -0.2) is 13.0 Å². The first-order chi connectivity index (χ1) is 16.7. The highest BCUT2D eigenvalue weighted by atomic mass is 32.3. The quantitative estimate of drug-likeness (QED) is 0.148. The summed E-state index contributed by atoms with van der Waals surface area (Å²) in [5.41, 5.74) is 4.28. The van der Waals surface area contributed by atoms with Gasteiger partial charge in [-0.05, 0) is 36.4 Å². The minimum absolute atomic E-state index is 0.808. The van der Waals surface area contributed by atoms with Crippen LogP contribution in [0.2, 0.25) is 0 Å². The van der Waals surface area contributed by atoms with Gasteiger partial charge in [-0.3, -0.25) is 4.18 Å². The third-order valence-corrected chi connectivity index (χ3v) is 6.98. The van der Waals surface area contributed by atoms with Gasteiger partial charge in [0, 0.05) is 31.1 Å². The van der Waals surface area contributed by atoms with Crippen LogP contribution in [-0.4, -0.2) is 37.7 Å². The number of aromatic nitrogens is 2. The molecule has 0 aliphatic rings. The molecule has 35 heavy (non-hydrogen) atoms. The molecule has 4 aromatic rings. The summed E-state index contributed by atoms with van der Waals surface area (Å²) in [5.74, 6) is 0. The van der Waals surface area contributed by atoms with E-state index in [0.717, 1.165) is 53.2 Å². The Morgan fingerprint density at radius 1 is 1.06 bits per heavy atom. The van der Waals surface area contributed by atoms with E-state index in [1.165, 1.54) is 5.00 Å². The summed E-state index contributed by atoms with van der Waals surface area (Å²) in [6, 6.07) is 18.8. The molecule has 0 unspecified atom stereocenters. The van der Waals surface area contributed by atoms with Gasteiger partial charge in [0.25, 0.3) is 0 Å². The van der Waals surface area contributed by atoms with Gasteiger partial charge in [0.05, 0.1) is 30.5 Å². The molecule has 186 valence electrons. The summed E-state index contributed by atoms with van der Waals surface area (Å²) in [4.78, 5) is 2.33. The minimum Gasteiger partial charge on any atom is -0.726 e. The van der Waals surface area contributed by atoms with Crippen molar-refractivity contribution in [2.45, 2.75) is 13.8 Å². The maximum atomic E-state index is 9.22. The average molecular weight is 516 g/mol. The van der Waals surface area contributed by atoms with Crippen molar-refractivity contribution in [1.29, 1.82) is 0 Å². The van der Waals surface area contributed by atoms with Crippen LogP contribution in [0.15, 0.2) is 71.0 Å². The lowest BCUT2D eigenvalue weighted by molar-refractivity contribution is -0.653. The summed E-state index contributed by atoms with van der Waals surface area (Å²) in [7, 11) is 0.513. The van der Waals surface area contributed by atoms with E-state index >= 15 is 0 Å². The van der Waals surface area contributed by atoms with Crippen LogP contribution in [0.3, 0.4) is 0 Å². The first-order valence-corrected chi connectivity index (χ1v) is 13.2. The first-order valence-electron chi connectivity index (χ1n) is 11.0. The van der Waals surface area contributed by atoms with Crippen molar-refractivity contribution in [1.82, 2.24) is 4.57 Å². The second kappa shape index (κ2) is 11.5. The number of rotatable bonds is 7. The average Bonchev–Trinajstić information content (AvgIpc) is 3.36. The standard InChI is InChI=1S/C23H26N5S.CH4O4S/c1-5-28(6-2)20-16-26(3)23(29-20)25-24-21-18-14-10-11-15-19(18)27(4)22(21)17-12-8-7-9-13-17;1-5-6(2,3)4/h7-16H,5-6H2,1-4H3;1H3,(H,2,3,4)/q+1;/p-1. The Morgan fingerprint density at radius 2 is 1.66 bits per heavy atom. The highest BCUT2D eigenvalue weighted by molar-refractivity contribution is 7.80. The predicted molar refractivity (Wildman–Crippen MR) is 138 cm³/mol. The number of aryl methyl sites for hydroxylation is 2. The number of azo groups is 1. The van der Waals surface area contributed by atoms with E-state index in [0.29, 0.717) is 0 Å². The molecule has 0 atom stereocenters. The number of nitrogens with zero attached hydrogens (tertiary/aromatic N) is 5. The largest absolute Gasteiger partial charge is 0.726 e. The van der Waals surface area contributed by atoms with Crippen LogP contribution in [0.4, 0.5) is 15.8 Å². The summed E-state index contributed by atoms with van der Waals surface area (Å²) in [6.07, 6.45) is 2.13. The van der Waals surface area contributed by atoms with E-state index in [2.05, 4.69) is 99.0 Å². The van der Waals surface area contributed by atoms with Crippen molar-refractivity contribution < 1.29 is 21.7 Å². The van der Waals surface area contributed by atoms with Gasteiger partial charge in [-0.15, -0.1) is 0 Å². The normalized spacial score (nSPS) is 11.6. The van der Waals surface area contributed by atoms with Gasteiger partial charge in [-0.1, -0.05) is 48.5 Å². The lowest BCUT2D eigenvalue weighted by atomic mass is 10.1. The molecule has 0 N–H and O–H groups in total. The van der Waals surface area contributed by atoms with E-state index in [9.17, 15) is 13.0 Å². The Labute approximate surface area is 209 Å². The molecule has 4 rings (SSSR count). The molecule has 11 heteroatoms. The third kappa shape index (κ3) is 6.31. The van der Waals surface area contributed by atoms with Gasteiger partial charge >= 0.3 is 5.13 Å². The Balaban J connectivity index is 0.000000509. The molecular weight excluding hydrogens is 486 g/mol. The summed E-state index contributed by atoms with van der Waals surface area (Å²) >= 11 is 1.67. The number of benzene rings is 2. The predicted octanol–water partition coefficient (Wildman–Crippen LogP) is 5.09. The van der Waals surface area contributed by atoms with Crippen LogP contribution in [0.25, 0.3) is 22.2 Å². The Kier molecular flexibility index (Phi) is 8.73. The van der Waals surface area contributed by atoms with E-state index in [4.69, 9.17) is 5.11 Å². The fourth-order valence-electron chi connectivity index (χ4n) is 3.68. The molecule has 0 bridgehead atoms. The highest BCUT2D eigenvalue weighted by Gasteiger charge is 2.20. The molecule has 0 amide bonds. The number of para-hydroxylation sites is 1. The maximum Gasteiger partial charge on any atom is 0.410 e. The lowest BCUT2D eigenvalue weighted by Crippen LogP contribution is -2.26. The molecule has 0 saturated heterocycles. The zero-order valence-electron chi connectivity index (χ0n) is 20.4. The molecule has 0 aliphatic heterocycles. The molecule has 2 heterocycles. The zero-order chi connectivity index (χ0) is 25.6. The van der Waals surface area contributed by atoms with Gasteiger partial charge in [-0.2, -0.15) is 0 Å². The SMILES string of the molecule is CCN(CC)c1c[n+](C)c(N=Nc2c(-c3ccccc3)n(C)c3ccccc23)s1.COS(=O)(=O)[O-]. The second-order valence-electron chi connectivity index (χ2n) is 7.55. The summed E-state index contributed by atoms with van der Waals surface area (Å²) in [5, 5.41) is 12.6. The molecule has 0 radical (unpaired) electrons. The topological polar surface area (TPSA) is 103 Å². The number of hydrogen-bond acceptors (Lipinski definition) is 8. The Hall–Kier alpha value is -3.12. The summed E-state index contributed by atoms with van der Waals surface area (Å²) in [6.45, 7) is 6.31. The van der Waals surface area contributed by atoms with Crippen LogP contribution in [-0.2, 0) is 28.7 Å². The Bertz CT molecular complexity index is 1410. The van der Waals surface area contributed by atoms with Crippen molar-refractivity contribution in [3.05, 3.63) is 60.8 Å². The van der Waals surface area contributed by atoms with Crippen molar-refractivity contribution >= 4 is 48.5 Å². The number of hydrogen-bond donors (Lipinski definition) is 0. The fourth-order valence-corrected chi connectivity index (χ4v) is 4.74. The van der Waals surface area contributed by atoms with Gasteiger partial charge in [0.2, 0.25) is 10.4 Å². The van der Waals surface area contributed by atoms with Crippen LogP contribution >= 0.6 is 11.3 Å². The number of fused-ring (bicyclic) bond motifs is 1. The monoisotopic (exact) mass is 515 g/mol. The van der Waals surface area contributed by atoms with Crippen molar-refractivity contribution in [2.24, 2.45) is 24.3 Å². The molecule has 2 aromatic carbocycles. The van der Waals surface area contributed by atoms with E-state index in [-0.39, 0.29) is 0 Å². The zero-order valence-corrected chi connectivity index (χ0v) is 22.0. The molecule has 0 spiro atoms. The Morgan fingerprint density at radius 3 is 2.26 bits per heavy atom.